The first kappa shape index (κ1) is 14.7. The molecule has 112 valence electrons. The van der Waals surface area contributed by atoms with Crippen molar-refractivity contribution >= 4 is 38.8 Å². The molecular weight excluding hydrogens is 316 g/mol. The molecule has 3 aromatic rings. The van der Waals surface area contributed by atoms with Gasteiger partial charge in [-0.1, -0.05) is 41.2 Å². The van der Waals surface area contributed by atoms with Crippen LogP contribution in [0.4, 0.5) is 10.3 Å². The highest BCUT2D eigenvalue weighted by molar-refractivity contribution is 7.20. The minimum Gasteiger partial charge on any atom is -0.375 e. The Morgan fingerprint density at radius 3 is 2.55 bits per heavy atom. The van der Waals surface area contributed by atoms with Crippen LogP contribution in [0.2, 0.25) is 0 Å². The molecule has 0 aliphatic rings. The highest BCUT2D eigenvalue weighted by atomic mass is 32.1. The number of carbonyl (C=O) groups excluding carboxylic acids is 1. The van der Waals surface area contributed by atoms with Crippen LogP contribution in [-0.4, -0.2) is 15.9 Å². The minimum atomic E-state index is -0.145. The van der Waals surface area contributed by atoms with Crippen molar-refractivity contribution in [1.82, 2.24) is 9.97 Å². The van der Waals surface area contributed by atoms with E-state index in [4.69, 9.17) is 5.73 Å². The van der Waals surface area contributed by atoms with Crippen molar-refractivity contribution in [2.75, 3.05) is 11.1 Å². The second-order valence-corrected chi connectivity index (χ2v) is 6.70. The fraction of sp³-hybridized carbons (Fsp3) is 0.133. The fourth-order valence-corrected chi connectivity index (χ4v) is 3.62. The lowest BCUT2D eigenvalue weighted by molar-refractivity contribution is -0.114. The Hall–Kier alpha value is -2.25. The first-order valence-electron chi connectivity index (χ1n) is 6.60. The van der Waals surface area contributed by atoms with Gasteiger partial charge in [0, 0.05) is 17.9 Å². The predicted molar refractivity (Wildman–Crippen MR) is 92.1 cm³/mol. The predicted octanol–water partition coefficient (Wildman–Crippen LogP) is 3.78. The van der Waals surface area contributed by atoms with Crippen molar-refractivity contribution in [3.05, 3.63) is 35.2 Å². The van der Waals surface area contributed by atoms with Crippen LogP contribution in [0.15, 0.2) is 29.6 Å². The number of hydrogen-bond donors (Lipinski definition) is 2. The maximum atomic E-state index is 11.3. The molecule has 0 saturated heterocycles. The van der Waals surface area contributed by atoms with E-state index in [-0.39, 0.29) is 5.91 Å². The number of benzene rings is 1. The number of nitrogens with zero attached hydrogens (tertiary/aromatic N) is 2. The van der Waals surface area contributed by atoms with E-state index < -0.39 is 0 Å². The molecule has 0 spiro atoms. The summed E-state index contributed by atoms with van der Waals surface area (Å²) in [5, 5.41) is 5.71. The van der Waals surface area contributed by atoms with Gasteiger partial charge in [-0.3, -0.25) is 4.79 Å². The fourth-order valence-electron chi connectivity index (χ4n) is 2.00. The number of thiazole rings is 2. The Bertz CT molecular complexity index is 820. The van der Waals surface area contributed by atoms with Crippen LogP contribution in [0.25, 0.3) is 21.8 Å². The maximum Gasteiger partial charge on any atom is 0.223 e. The molecule has 3 rings (SSSR count). The number of rotatable bonds is 3. The molecule has 0 aliphatic heterocycles. The second kappa shape index (κ2) is 5.86. The molecule has 0 saturated carbocycles. The van der Waals surface area contributed by atoms with E-state index in [1.807, 2.05) is 36.6 Å². The molecule has 1 amide bonds. The lowest BCUT2D eigenvalue weighted by atomic mass is 10.1. The maximum absolute atomic E-state index is 11.3. The van der Waals surface area contributed by atoms with Gasteiger partial charge in [0.05, 0.1) is 16.3 Å². The summed E-state index contributed by atoms with van der Waals surface area (Å²) in [5.74, 6) is -0.145. The van der Waals surface area contributed by atoms with E-state index in [9.17, 15) is 4.79 Å². The normalized spacial score (nSPS) is 10.6. The van der Waals surface area contributed by atoms with Gasteiger partial charge in [-0.25, -0.2) is 9.97 Å². The molecular formula is C15H14N4OS2. The Labute approximate surface area is 135 Å². The van der Waals surface area contributed by atoms with Crippen LogP contribution in [0.5, 0.6) is 0 Å². The Morgan fingerprint density at radius 1 is 1.23 bits per heavy atom. The van der Waals surface area contributed by atoms with Crippen molar-refractivity contribution in [2.45, 2.75) is 13.8 Å². The van der Waals surface area contributed by atoms with E-state index in [0.717, 1.165) is 21.8 Å². The van der Waals surface area contributed by atoms with Crippen LogP contribution in [-0.2, 0) is 4.79 Å². The summed E-state index contributed by atoms with van der Waals surface area (Å²) in [6.45, 7) is 3.50. The van der Waals surface area contributed by atoms with E-state index in [2.05, 4.69) is 15.3 Å². The number of aromatic nitrogens is 2. The average molecular weight is 330 g/mol. The SMILES string of the molecule is CC(=O)Nc1nc(-c2ccc(C)cc2)c(-c2csc(N)n2)s1. The first-order chi connectivity index (χ1) is 10.5. The highest BCUT2D eigenvalue weighted by Crippen LogP contribution is 2.39. The molecule has 0 fully saturated rings. The molecule has 2 heterocycles. The van der Waals surface area contributed by atoms with E-state index in [1.165, 1.54) is 35.2 Å². The number of hydrogen-bond acceptors (Lipinski definition) is 6. The molecule has 0 aliphatic carbocycles. The van der Waals surface area contributed by atoms with Crippen LogP contribution in [0, 0.1) is 6.92 Å². The molecule has 22 heavy (non-hydrogen) atoms. The number of amides is 1. The van der Waals surface area contributed by atoms with Gasteiger partial charge in [0.25, 0.3) is 0 Å². The van der Waals surface area contributed by atoms with Gasteiger partial charge in [-0.15, -0.1) is 11.3 Å². The summed E-state index contributed by atoms with van der Waals surface area (Å²) >= 11 is 2.79. The molecule has 0 bridgehead atoms. The summed E-state index contributed by atoms with van der Waals surface area (Å²) in [6.07, 6.45) is 0. The lowest BCUT2D eigenvalue weighted by Gasteiger charge is -2.00. The van der Waals surface area contributed by atoms with Crippen LogP contribution < -0.4 is 11.1 Å². The lowest BCUT2D eigenvalue weighted by Crippen LogP contribution is -2.04. The summed E-state index contributed by atoms with van der Waals surface area (Å²) in [4.78, 5) is 21.1. The third-order valence-electron chi connectivity index (χ3n) is 2.99. The molecule has 0 unspecified atom stereocenters. The van der Waals surface area contributed by atoms with Crippen molar-refractivity contribution in [3.63, 3.8) is 0 Å². The number of aryl methyl sites for hydroxylation is 1. The van der Waals surface area contributed by atoms with E-state index >= 15 is 0 Å². The van der Waals surface area contributed by atoms with Crippen molar-refractivity contribution in [1.29, 1.82) is 0 Å². The molecule has 1 aromatic carbocycles. The number of carbonyl (C=O) groups is 1. The zero-order valence-corrected chi connectivity index (χ0v) is 13.7. The Balaban J connectivity index is 2.11. The van der Waals surface area contributed by atoms with E-state index in [1.54, 1.807) is 0 Å². The third-order valence-corrected chi connectivity index (χ3v) is 4.66. The van der Waals surface area contributed by atoms with Crippen LogP contribution in [0.3, 0.4) is 0 Å². The van der Waals surface area contributed by atoms with Crippen molar-refractivity contribution in [2.24, 2.45) is 0 Å². The van der Waals surface area contributed by atoms with Gasteiger partial charge in [-0.05, 0) is 6.92 Å². The van der Waals surface area contributed by atoms with Gasteiger partial charge in [0.1, 0.15) is 0 Å². The van der Waals surface area contributed by atoms with Crippen molar-refractivity contribution < 1.29 is 4.79 Å². The summed E-state index contributed by atoms with van der Waals surface area (Å²) in [7, 11) is 0. The van der Waals surface area contributed by atoms with E-state index in [0.29, 0.717) is 10.3 Å². The monoisotopic (exact) mass is 330 g/mol. The number of nitrogen functional groups attached to an aromatic ring is 1. The molecule has 2 aromatic heterocycles. The Kier molecular flexibility index (Phi) is 3.91. The molecule has 3 N–H and O–H groups in total. The largest absolute Gasteiger partial charge is 0.375 e. The summed E-state index contributed by atoms with van der Waals surface area (Å²) in [6, 6.07) is 8.10. The third kappa shape index (κ3) is 3.00. The van der Waals surface area contributed by atoms with Gasteiger partial charge in [0.2, 0.25) is 5.91 Å². The zero-order valence-electron chi connectivity index (χ0n) is 12.1. The second-order valence-electron chi connectivity index (χ2n) is 4.81. The summed E-state index contributed by atoms with van der Waals surface area (Å²) in [5.41, 5.74) is 9.49. The number of anilines is 2. The molecule has 0 atom stereocenters. The van der Waals surface area contributed by atoms with Gasteiger partial charge in [0.15, 0.2) is 10.3 Å². The van der Waals surface area contributed by atoms with Gasteiger partial charge >= 0.3 is 0 Å². The quantitative estimate of drug-likeness (QED) is 0.766. The molecule has 0 radical (unpaired) electrons. The number of nitrogens with two attached hydrogens (primary N) is 1. The van der Waals surface area contributed by atoms with Crippen LogP contribution >= 0.6 is 22.7 Å². The van der Waals surface area contributed by atoms with Gasteiger partial charge < -0.3 is 11.1 Å². The smallest absolute Gasteiger partial charge is 0.223 e. The minimum absolute atomic E-state index is 0.145. The topological polar surface area (TPSA) is 80.9 Å². The van der Waals surface area contributed by atoms with Crippen LogP contribution in [0.1, 0.15) is 12.5 Å². The zero-order chi connectivity index (χ0) is 15.7. The van der Waals surface area contributed by atoms with Crippen molar-refractivity contribution in [3.8, 4) is 21.8 Å². The van der Waals surface area contributed by atoms with Gasteiger partial charge in [-0.2, -0.15) is 0 Å². The first-order valence-corrected chi connectivity index (χ1v) is 8.29. The molecule has 7 heteroatoms. The Morgan fingerprint density at radius 2 is 1.95 bits per heavy atom. The number of nitrogens with one attached hydrogen (secondary N) is 1. The summed E-state index contributed by atoms with van der Waals surface area (Å²) < 4.78 is 0. The standard InChI is InChI=1S/C15H14N4OS2/c1-8-3-5-10(6-4-8)12-13(11-7-21-14(16)18-11)22-15(19-12)17-9(2)20/h3-7H,1-2H3,(H2,16,18)(H,17,19,20). The highest BCUT2D eigenvalue weighted by Gasteiger charge is 2.17. The molecule has 5 nitrogen and oxygen atoms in total. The average Bonchev–Trinajstić information content (AvgIpc) is 3.05.